The highest BCUT2D eigenvalue weighted by atomic mass is 16.5. The molecule has 0 aliphatic carbocycles. The molecule has 1 aromatic rings. The van der Waals surface area contributed by atoms with Crippen LogP contribution in [0.5, 0.6) is 0 Å². The molecule has 1 aromatic heterocycles. The second-order valence-electron chi connectivity index (χ2n) is 6.13. The van der Waals surface area contributed by atoms with Crippen molar-refractivity contribution in [3.05, 3.63) is 5.82 Å². The van der Waals surface area contributed by atoms with E-state index in [9.17, 15) is 0 Å². The molecule has 3 aliphatic rings. The third-order valence-electron chi connectivity index (χ3n) is 4.93. The van der Waals surface area contributed by atoms with E-state index in [-0.39, 0.29) is 0 Å². The molecule has 6 heteroatoms. The Balaban J connectivity index is 1.43. The Labute approximate surface area is 113 Å². The van der Waals surface area contributed by atoms with Gasteiger partial charge in [0.1, 0.15) is 0 Å². The summed E-state index contributed by atoms with van der Waals surface area (Å²) >= 11 is 0. The maximum atomic E-state index is 6.01. The van der Waals surface area contributed by atoms with Crippen molar-refractivity contribution in [2.75, 3.05) is 13.1 Å². The van der Waals surface area contributed by atoms with Gasteiger partial charge in [0.25, 0.3) is 0 Å². The van der Waals surface area contributed by atoms with Crippen molar-refractivity contribution in [3.63, 3.8) is 0 Å². The minimum atomic E-state index is 0.534. The zero-order chi connectivity index (χ0) is 12.8. The van der Waals surface area contributed by atoms with E-state index < -0.39 is 0 Å². The molecule has 0 unspecified atom stereocenters. The molecule has 0 saturated carbocycles. The van der Waals surface area contributed by atoms with Crippen molar-refractivity contribution in [3.8, 4) is 0 Å². The van der Waals surface area contributed by atoms with Gasteiger partial charge in [-0.1, -0.05) is 6.92 Å². The van der Waals surface area contributed by atoms with Gasteiger partial charge in [-0.2, -0.15) is 0 Å². The summed E-state index contributed by atoms with van der Waals surface area (Å²) in [5, 5.41) is 12.1. The van der Waals surface area contributed by atoms with Crippen LogP contribution < -0.4 is 0 Å². The molecule has 4 heterocycles. The van der Waals surface area contributed by atoms with Crippen LogP contribution in [-0.4, -0.2) is 50.4 Å². The number of likely N-dealkylation sites (tertiary alicyclic amines) is 1. The Morgan fingerprint density at radius 1 is 1.21 bits per heavy atom. The van der Waals surface area contributed by atoms with Crippen LogP contribution in [0.25, 0.3) is 0 Å². The van der Waals surface area contributed by atoms with E-state index in [1.54, 1.807) is 0 Å². The summed E-state index contributed by atoms with van der Waals surface area (Å²) in [6.07, 6.45) is 4.68. The van der Waals surface area contributed by atoms with Gasteiger partial charge >= 0.3 is 0 Å². The Bertz CT molecular complexity index is 444. The van der Waals surface area contributed by atoms with Crippen molar-refractivity contribution < 1.29 is 4.74 Å². The van der Waals surface area contributed by atoms with Crippen molar-refractivity contribution in [2.24, 2.45) is 11.8 Å². The molecule has 4 rings (SSSR count). The number of nitrogens with zero attached hydrogens (tertiary/aromatic N) is 5. The molecule has 0 aromatic carbocycles. The highest BCUT2D eigenvalue weighted by molar-refractivity contribution is 5.03. The predicted molar refractivity (Wildman–Crippen MR) is 68.3 cm³/mol. The van der Waals surface area contributed by atoms with Crippen molar-refractivity contribution >= 4 is 0 Å². The first kappa shape index (κ1) is 11.8. The Hall–Kier alpha value is -1.01. The molecular formula is C13H21N5O. The molecule has 3 fully saturated rings. The van der Waals surface area contributed by atoms with Crippen LogP contribution in [0.2, 0.25) is 0 Å². The average molecular weight is 263 g/mol. The van der Waals surface area contributed by atoms with Gasteiger partial charge in [0.2, 0.25) is 0 Å². The number of fused-ring (bicyclic) bond motifs is 5. The standard InChI is InChI=1S/C13H21N5O/c1-2-5-18-13(14-15-16-18)8-17-6-9-10(7-17)12-4-3-11(9)19-12/h9-12H,2-8H2,1H3/t9-,10-,11-,12-/m1/s1. The molecule has 3 aliphatic heterocycles. The topological polar surface area (TPSA) is 56.1 Å². The number of hydrogen-bond donors (Lipinski definition) is 0. The fourth-order valence-electron chi connectivity index (χ4n) is 4.10. The lowest BCUT2D eigenvalue weighted by atomic mass is 9.82. The van der Waals surface area contributed by atoms with Gasteiger partial charge < -0.3 is 4.74 Å². The highest BCUT2D eigenvalue weighted by Crippen LogP contribution is 2.47. The van der Waals surface area contributed by atoms with Crippen molar-refractivity contribution in [1.82, 2.24) is 25.1 Å². The van der Waals surface area contributed by atoms with Gasteiger partial charge in [-0.3, -0.25) is 4.90 Å². The molecule has 19 heavy (non-hydrogen) atoms. The molecule has 4 atom stereocenters. The smallest absolute Gasteiger partial charge is 0.165 e. The lowest BCUT2D eigenvalue weighted by Gasteiger charge is -2.18. The Morgan fingerprint density at radius 3 is 2.63 bits per heavy atom. The number of aromatic nitrogens is 4. The summed E-state index contributed by atoms with van der Waals surface area (Å²) in [4.78, 5) is 2.51. The lowest BCUT2D eigenvalue weighted by Crippen LogP contribution is -2.26. The minimum absolute atomic E-state index is 0.534. The van der Waals surface area contributed by atoms with E-state index in [0.29, 0.717) is 12.2 Å². The summed E-state index contributed by atoms with van der Waals surface area (Å²) in [5.74, 6) is 2.53. The molecule has 0 N–H and O–H groups in total. The largest absolute Gasteiger partial charge is 0.374 e. The zero-order valence-corrected chi connectivity index (χ0v) is 11.4. The Kier molecular flexibility index (Phi) is 2.81. The molecule has 0 spiro atoms. The zero-order valence-electron chi connectivity index (χ0n) is 11.4. The number of tetrazole rings is 1. The molecule has 3 saturated heterocycles. The van der Waals surface area contributed by atoms with Crippen LogP contribution >= 0.6 is 0 Å². The number of hydrogen-bond acceptors (Lipinski definition) is 5. The van der Waals surface area contributed by atoms with Gasteiger partial charge in [-0.05, 0) is 29.7 Å². The van der Waals surface area contributed by atoms with Crippen molar-refractivity contribution in [1.29, 1.82) is 0 Å². The van der Waals surface area contributed by atoms with E-state index in [1.165, 1.54) is 12.8 Å². The van der Waals surface area contributed by atoms with Crippen LogP contribution in [-0.2, 0) is 17.8 Å². The minimum Gasteiger partial charge on any atom is -0.374 e. The van der Waals surface area contributed by atoms with Gasteiger partial charge in [-0.25, -0.2) is 4.68 Å². The van der Waals surface area contributed by atoms with Crippen molar-refractivity contribution in [2.45, 2.75) is 51.5 Å². The van der Waals surface area contributed by atoms with Crippen LogP contribution in [0, 0.1) is 11.8 Å². The van der Waals surface area contributed by atoms with E-state index in [0.717, 1.165) is 50.3 Å². The van der Waals surface area contributed by atoms with Crippen LogP contribution in [0.4, 0.5) is 0 Å². The second-order valence-corrected chi connectivity index (χ2v) is 6.13. The lowest BCUT2D eigenvalue weighted by molar-refractivity contribution is 0.0692. The number of ether oxygens (including phenoxy) is 1. The van der Waals surface area contributed by atoms with Gasteiger partial charge in [0.05, 0.1) is 18.8 Å². The monoisotopic (exact) mass is 263 g/mol. The van der Waals surface area contributed by atoms with E-state index >= 15 is 0 Å². The SMILES string of the molecule is CCCn1nnnc1CN1C[C@@H]2[C@@H](C1)[C@H]1CC[C@H]2O1. The van der Waals surface area contributed by atoms with Gasteiger partial charge in [0, 0.05) is 31.5 Å². The van der Waals surface area contributed by atoms with E-state index in [1.807, 2.05) is 4.68 Å². The van der Waals surface area contributed by atoms with Crippen LogP contribution in [0.3, 0.4) is 0 Å². The maximum Gasteiger partial charge on any atom is 0.165 e. The number of rotatable bonds is 4. The van der Waals surface area contributed by atoms with E-state index in [4.69, 9.17) is 4.74 Å². The first-order chi connectivity index (χ1) is 9.35. The summed E-state index contributed by atoms with van der Waals surface area (Å²) < 4.78 is 7.96. The summed E-state index contributed by atoms with van der Waals surface area (Å²) in [5.41, 5.74) is 0. The maximum absolute atomic E-state index is 6.01. The predicted octanol–water partition coefficient (Wildman–Crippen LogP) is 0.692. The summed E-state index contributed by atoms with van der Waals surface area (Å²) in [7, 11) is 0. The van der Waals surface area contributed by atoms with Crippen LogP contribution in [0.1, 0.15) is 32.0 Å². The fraction of sp³-hybridized carbons (Fsp3) is 0.923. The molecule has 0 amide bonds. The first-order valence-electron chi connectivity index (χ1n) is 7.48. The molecule has 2 bridgehead atoms. The van der Waals surface area contributed by atoms with Gasteiger partial charge in [-0.15, -0.1) is 5.10 Å². The van der Waals surface area contributed by atoms with Crippen LogP contribution in [0.15, 0.2) is 0 Å². The second kappa shape index (κ2) is 4.52. The summed E-state index contributed by atoms with van der Waals surface area (Å²) in [6, 6.07) is 0. The summed E-state index contributed by atoms with van der Waals surface area (Å²) in [6.45, 7) is 6.27. The van der Waals surface area contributed by atoms with E-state index in [2.05, 4.69) is 27.3 Å². The Morgan fingerprint density at radius 2 is 1.95 bits per heavy atom. The quantitative estimate of drug-likeness (QED) is 0.800. The third kappa shape index (κ3) is 1.89. The molecule has 6 nitrogen and oxygen atoms in total. The first-order valence-corrected chi connectivity index (χ1v) is 7.48. The number of aryl methyl sites for hydroxylation is 1. The third-order valence-corrected chi connectivity index (χ3v) is 4.93. The average Bonchev–Trinajstić information content (AvgIpc) is 3.12. The molecular weight excluding hydrogens is 242 g/mol. The van der Waals surface area contributed by atoms with Gasteiger partial charge in [0.15, 0.2) is 5.82 Å². The fourth-order valence-corrected chi connectivity index (χ4v) is 4.10. The highest BCUT2D eigenvalue weighted by Gasteiger charge is 2.52. The molecule has 104 valence electrons. The normalized spacial score (nSPS) is 37.1. The molecule has 0 radical (unpaired) electrons.